The largest absolute Gasteiger partial charge is 0.457 e. The molecule has 0 saturated heterocycles. The first-order chi connectivity index (χ1) is 18.0. The highest BCUT2D eigenvalue weighted by Crippen LogP contribution is 2.23. The van der Waals surface area contributed by atoms with E-state index in [-0.39, 0.29) is 11.8 Å². The third-order valence-corrected chi connectivity index (χ3v) is 5.47. The van der Waals surface area contributed by atoms with Crippen LogP contribution in [-0.2, 0) is 16.0 Å². The van der Waals surface area contributed by atoms with Crippen LogP contribution in [0.2, 0.25) is 0 Å². The van der Waals surface area contributed by atoms with Crippen molar-refractivity contribution in [1.29, 1.82) is 0 Å². The van der Waals surface area contributed by atoms with E-state index in [4.69, 9.17) is 4.74 Å². The van der Waals surface area contributed by atoms with Crippen LogP contribution in [0.1, 0.15) is 25.8 Å². The lowest BCUT2D eigenvalue weighted by Crippen LogP contribution is -2.08. The molecule has 0 unspecified atom stereocenters. The Bertz CT molecular complexity index is 1280. The fourth-order valence-electron chi connectivity index (χ4n) is 3.35. The lowest BCUT2D eigenvalue weighted by Gasteiger charge is -2.07. The first-order valence-corrected chi connectivity index (χ1v) is 12.3. The standard InChI is InChI=1S/C17H17NO.C15H15NO2/c1-3-13-5-7-14(8-6-13)15-9-11-16(12-10-15)18-17(19)4-2;1-2-15(17)16-12-8-10-14(11-9-12)18-13-6-4-3-5-7-13/h4-12H,2-3H2,1H3,(H,18,19);3-11H,2H2,1H3,(H,16,17). The van der Waals surface area contributed by atoms with Crippen LogP contribution in [0.25, 0.3) is 11.1 Å². The first-order valence-electron chi connectivity index (χ1n) is 12.3. The second kappa shape index (κ2) is 14.0. The SMILES string of the molecule is C=CC(=O)Nc1ccc(-c2ccc(CC)cc2)cc1.CCC(=O)Nc1ccc(Oc2ccccc2)cc1. The van der Waals surface area contributed by atoms with Gasteiger partial charge in [-0.2, -0.15) is 0 Å². The number of nitrogens with one attached hydrogen (secondary N) is 2. The summed E-state index contributed by atoms with van der Waals surface area (Å²) in [7, 11) is 0. The number of anilines is 2. The molecule has 4 aromatic rings. The van der Waals surface area contributed by atoms with Crippen molar-refractivity contribution >= 4 is 23.2 Å². The molecule has 2 N–H and O–H groups in total. The zero-order chi connectivity index (χ0) is 26.5. The smallest absolute Gasteiger partial charge is 0.247 e. The highest BCUT2D eigenvalue weighted by atomic mass is 16.5. The molecule has 5 nitrogen and oxygen atoms in total. The predicted octanol–water partition coefficient (Wildman–Crippen LogP) is 7.87. The van der Waals surface area contributed by atoms with Crippen LogP contribution in [0, 0.1) is 0 Å². The Labute approximate surface area is 218 Å². The normalized spacial score (nSPS) is 9.89. The topological polar surface area (TPSA) is 67.4 Å². The van der Waals surface area contributed by atoms with E-state index in [1.165, 1.54) is 17.2 Å². The van der Waals surface area contributed by atoms with Crippen LogP contribution < -0.4 is 15.4 Å². The van der Waals surface area contributed by atoms with E-state index in [1.54, 1.807) is 0 Å². The molecule has 0 radical (unpaired) electrons. The second-order valence-electron chi connectivity index (χ2n) is 8.16. The van der Waals surface area contributed by atoms with Crippen molar-refractivity contribution in [2.75, 3.05) is 10.6 Å². The van der Waals surface area contributed by atoms with Gasteiger partial charge < -0.3 is 15.4 Å². The molecule has 0 saturated carbocycles. The molecule has 0 heterocycles. The van der Waals surface area contributed by atoms with E-state index in [0.717, 1.165) is 34.9 Å². The Morgan fingerprint density at radius 3 is 1.76 bits per heavy atom. The van der Waals surface area contributed by atoms with E-state index in [9.17, 15) is 9.59 Å². The van der Waals surface area contributed by atoms with E-state index in [1.807, 2.05) is 85.8 Å². The number of rotatable bonds is 8. The van der Waals surface area contributed by atoms with Gasteiger partial charge in [0, 0.05) is 17.8 Å². The maximum Gasteiger partial charge on any atom is 0.247 e. The van der Waals surface area contributed by atoms with E-state index < -0.39 is 0 Å². The zero-order valence-electron chi connectivity index (χ0n) is 21.2. The number of carbonyl (C=O) groups is 2. The van der Waals surface area contributed by atoms with Crippen LogP contribution in [-0.4, -0.2) is 11.8 Å². The molecule has 0 aliphatic rings. The monoisotopic (exact) mass is 492 g/mol. The lowest BCUT2D eigenvalue weighted by molar-refractivity contribution is -0.116. The van der Waals surface area contributed by atoms with Crippen molar-refractivity contribution in [2.45, 2.75) is 26.7 Å². The van der Waals surface area contributed by atoms with Crippen molar-refractivity contribution < 1.29 is 14.3 Å². The molecule has 0 atom stereocenters. The van der Waals surface area contributed by atoms with Gasteiger partial charge in [0.05, 0.1) is 0 Å². The molecule has 0 fully saturated rings. The summed E-state index contributed by atoms with van der Waals surface area (Å²) in [5.74, 6) is 1.35. The van der Waals surface area contributed by atoms with Crippen LogP contribution in [0.5, 0.6) is 11.5 Å². The Morgan fingerprint density at radius 1 is 0.703 bits per heavy atom. The maximum absolute atomic E-state index is 11.2. The number of benzene rings is 4. The summed E-state index contributed by atoms with van der Waals surface area (Å²) in [4.78, 5) is 22.4. The fourth-order valence-corrected chi connectivity index (χ4v) is 3.35. The van der Waals surface area contributed by atoms with Crippen LogP contribution in [0.3, 0.4) is 0 Å². The van der Waals surface area contributed by atoms with Gasteiger partial charge in [-0.25, -0.2) is 0 Å². The molecule has 0 spiro atoms. The highest BCUT2D eigenvalue weighted by Gasteiger charge is 2.01. The molecule has 4 aromatic carbocycles. The number of amides is 2. The molecule has 37 heavy (non-hydrogen) atoms. The number of hydrogen-bond donors (Lipinski definition) is 2. The quantitative estimate of drug-likeness (QED) is 0.246. The Hall–Kier alpha value is -4.64. The average Bonchev–Trinajstić information content (AvgIpc) is 2.95. The summed E-state index contributed by atoms with van der Waals surface area (Å²) in [6.45, 7) is 7.39. The molecule has 0 aromatic heterocycles. The van der Waals surface area contributed by atoms with Crippen molar-refractivity contribution in [3.8, 4) is 22.6 Å². The van der Waals surface area contributed by atoms with Gasteiger partial charge in [-0.15, -0.1) is 0 Å². The van der Waals surface area contributed by atoms with Crippen LogP contribution >= 0.6 is 0 Å². The molecule has 188 valence electrons. The second-order valence-corrected chi connectivity index (χ2v) is 8.16. The van der Waals surface area contributed by atoms with Gasteiger partial charge in [-0.1, -0.05) is 75.0 Å². The Kier molecular flexibility index (Phi) is 10.2. The number of ether oxygens (including phenoxy) is 1. The third kappa shape index (κ3) is 8.82. The van der Waals surface area contributed by atoms with Crippen molar-refractivity contribution in [2.24, 2.45) is 0 Å². The Morgan fingerprint density at radius 2 is 1.22 bits per heavy atom. The number of carbonyl (C=O) groups excluding carboxylic acids is 2. The molecule has 2 amide bonds. The molecule has 4 rings (SSSR count). The minimum atomic E-state index is -0.194. The lowest BCUT2D eigenvalue weighted by atomic mass is 10.0. The summed E-state index contributed by atoms with van der Waals surface area (Å²) in [5.41, 5.74) is 5.21. The first kappa shape index (κ1) is 27.0. The summed E-state index contributed by atoms with van der Waals surface area (Å²) in [5, 5.41) is 5.52. The van der Waals surface area contributed by atoms with Gasteiger partial charge in [0.1, 0.15) is 11.5 Å². The summed E-state index contributed by atoms with van der Waals surface area (Å²) >= 11 is 0. The summed E-state index contributed by atoms with van der Waals surface area (Å²) in [6, 6.07) is 33.2. The van der Waals surface area contributed by atoms with Gasteiger partial charge in [0.25, 0.3) is 0 Å². The van der Waals surface area contributed by atoms with Gasteiger partial charge in [-0.05, 0) is 77.7 Å². The molecule has 5 heteroatoms. The van der Waals surface area contributed by atoms with Gasteiger partial charge >= 0.3 is 0 Å². The van der Waals surface area contributed by atoms with E-state index >= 15 is 0 Å². The van der Waals surface area contributed by atoms with Gasteiger partial charge in [0.15, 0.2) is 0 Å². The van der Waals surface area contributed by atoms with E-state index in [2.05, 4.69) is 48.4 Å². The van der Waals surface area contributed by atoms with Crippen LogP contribution in [0.15, 0.2) is 116 Å². The van der Waals surface area contributed by atoms with Gasteiger partial charge in [0.2, 0.25) is 11.8 Å². The third-order valence-electron chi connectivity index (χ3n) is 5.47. The molecule has 0 bridgehead atoms. The number of para-hydroxylation sites is 1. The Balaban J connectivity index is 0.000000206. The number of aryl methyl sites for hydroxylation is 1. The fraction of sp³-hybridized carbons (Fsp3) is 0.125. The van der Waals surface area contributed by atoms with Crippen molar-refractivity contribution in [3.63, 3.8) is 0 Å². The molecular weight excluding hydrogens is 460 g/mol. The zero-order valence-corrected chi connectivity index (χ0v) is 21.2. The van der Waals surface area contributed by atoms with Gasteiger partial charge in [-0.3, -0.25) is 9.59 Å². The summed E-state index contributed by atoms with van der Waals surface area (Å²) in [6.07, 6.45) is 2.78. The van der Waals surface area contributed by atoms with E-state index in [0.29, 0.717) is 6.42 Å². The molecule has 0 aliphatic heterocycles. The maximum atomic E-state index is 11.2. The molecular formula is C32H32N2O3. The average molecular weight is 493 g/mol. The summed E-state index contributed by atoms with van der Waals surface area (Å²) < 4.78 is 5.65. The van der Waals surface area contributed by atoms with Crippen molar-refractivity contribution in [1.82, 2.24) is 0 Å². The van der Waals surface area contributed by atoms with Crippen molar-refractivity contribution in [3.05, 3.63) is 121 Å². The predicted molar refractivity (Wildman–Crippen MR) is 152 cm³/mol. The minimum absolute atomic E-state index is 0.00623. The highest BCUT2D eigenvalue weighted by molar-refractivity contribution is 5.99. The van der Waals surface area contributed by atoms with Crippen LogP contribution in [0.4, 0.5) is 11.4 Å². The molecule has 0 aliphatic carbocycles. The number of hydrogen-bond acceptors (Lipinski definition) is 3. The minimum Gasteiger partial charge on any atom is -0.457 e.